The van der Waals surface area contributed by atoms with Crippen molar-refractivity contribution in [1.29, 1.82) is 0 Å². The lowest BCUT2D eigenvalue weighted by molar-refractivity contribution is -0.130. The molecule has 0 saturated carbocycles. The van der Waals surface area contributed by atoms with Gasteiger partial charge in [0, 0.05) is 19.2 Å². The van der Waals surface area contributed by atoms with E-state index in [2.05, 4.69) is 15.2 Å². The number of carbonyl (C=O) groups is 1. The fraction of sp³-hybridized carbons (Fsp3) is 0.308. The van der Waals surface area contributed by atoms with Gasteiger partial charge in [0.1, 0.15) is 12.2 Å². The van der Waals surface area contributed by atoms with Crippen molar-refractivity contribution in [2.75, 3.05) is 12.8 Å². The van der Waals surface area contributed by atoms with Crippen LogP contribution in [0.1, 0.15) is 17.8 Å². The number of hydrogen-bond acceptors (Lipinski definition) is 4. The molecule has 100 valence electrons. The number of rotatable bonds is 5. The number of amides is 1. The van der Waals surface area contributed by atoms with E-state index >= 15 is 0 Å². The second-order valence-corrected chi connectivity index (χ2v) is 4.38. The van der Waals surface area contributed by atoms with Gasteiger partial charge >= 0.3 is 0 Å². The minimum absolute atomic E-state index is 0.0552. The standard InChI is InChI=1S/C13H17N5O/c1-18(8-12-15-9-16-17-12)13(19)7-6-10-4-2-3-5-11(10)14/h2-5,9H,6-8,14H2,1H3,(H,15,16,17). The zero-order valence-corrected chi connectivity index (χ0v) is 10.8. The van der Waals surface area contributed by atoms with Gasteiger partial charge in [-0.1, -0.05) is 18.2 Å². The fourth-order valence-corrected chi connectivity index (χ4v) is 1.81. The maximum absolute atomic E-state index is 12.0. The number of aromatic nitrogens is 3. The molecule has 0 aliphatic heterocycles. The maximum atomic E-state index is 12.0. The van der Waals surface area contributed by atoms with Gasteiger partial charge in [0.25, 0.3) is 0 Å². The molecule has 0 aliphatic carbocycles. The van der Waals surface area contributed by atoms with Crippen LogP contribution >= 0.6 is 0 Å². The van der Waals surface area contributed by atoms with Crippen molar-refractivity contribution in [3.8, 4) is 0 Å². The lowest BCUT2D eigenvalue weighted by Gasteiger charge is -2.15. The predicted molar refractivity (Wildman–Crippen MR) is 72.0 cm³/mol. The van der Waals surface area contributed by atoms with Crippen molar-refractivity contribution < 1.29 is 4.79 Å². The molecule has 0 saturated heterocycles. The monoisotopic (exact) mass is 259 g/mol. The Kier molecular flexibility index (Phi) is 4.12. The van der Waals surface area contributed by atoms with Gasteiger partial charge in [0.2, 0.25) is 5.91 Å². The van der Waals surface area contributed by atoms with Crippen molar-refractivity contribution >= 4 is 11.6 Å². The first-order valence-electron chi connectivity index (χ1n) is 6.08. The highest BCUT2D eigenvalue weighted by molar-refractivity contribution is 5.76. The molecule has 1 amide bonds. The van der Waals surface area contributed by atoms with E-state index in [0.29, 0.717) is 25.2 Å². The highest BCUT2D eigenvalue weighted by Crippen LogP contribution is 2.13. The quantitative estimate of drug-likeness (QED) is 0.783. The summed E-state index contributed by atoms with van der Waals surface area (Å²) in [5.74, 6) is 0.731. The number of nitrogens with one attached hydrogen (secondary N) is 1. The fourth-order valence-electron chi connectivity index (χ4n) is 1.81. The second kappa shape index (κ2) is 5.99. The Labute approximate surface area is 111 Å². The van der Waals surface area contributed by atoms with Crippen molar-refractivity contribution in [2.24, 2.45) is 0 Å². The summed E-state index contributed by atoms with van der Waals surface area (Å²) in [7, 11) is 1.75. The van der Waals surface area contributed by atoms with Crippen molar-refractivity contribution in [3.63, 3.8) is 0 Å². The van der Waals surface area contributed by atoms with Gasteiger partial charge in [-0.15, -0.1) is 0 Å². The molecule has 0 radical (unpaired) electrons. The Morgan fingerprint density at radius 2 is 2.21 bits per heavy atom. The lowest BCUT2D eigenvalue weighted by atomic mass is 10.1. The predicted octanol–water partition coefficient (Wildman–Crippen LogP) is 0.978. The number of H-pyrrole nitrogens is 1. The van der Waals surface area contributed by atoms with Gasteiger partial charge in [0.05, 0.1) is 6.54 Å². The van der Waals surface area contributed by atoms with Crippen molar-refractivity contribution in [3.05, 3.63) is 42.0 Å². The van der Waals surface area contributed by atoms with Crippen LogP contribution in [0, 0.1) is 0 Å². The third-order valence-corrected chi connectivity index (χ3v) is 2.94. The molecule has 6 heteroatoms. The Morgan fingerprint density at radius 3 is 2.89 bits per heavy atom. The van der Waals surface area contributed by atoms with E-state index in [1.807, 2.05) is 24.3 Å². The Hall–Kier alpha value is -2.37. The summed E-state index contributed by atoms with van der Waals surface area (Å²) in [5, 5.41) is 6.48. The number of para-hydroxylation sites is 1. The summed E-state index contributed by atoms with van der Waals surface area (Å²) in [6, 6.07) is 7.60. The molecule has 2 rings (SSSR count). The van der Waals surface area contributed by atoms with Crippen LogP contribution in [0.3, 0.4) is 0 Å². The summed E-state index contributed by atoms with van der Waals surface area (Å²) in [4.78, 5) is 17.6. The van der Waals surface area contributed by atoms with E-state index in [1.54, 1.807) is 11.9 Å². The van der Waals surface area contributed by atoms with Crippen LogP contribution in [0.2, 0.25) is 0 Å². The summed E-state index contributed by atoms with van der Waals surface area (Å²) < 4.78 is 0. The van der Waals surface area contributed by atoms with Crippen molar-refractivity contribution in [1.82, 2.24) is 20.1 Å². The molecule has 0 bridgehead atoms. The van der Waals surface area contributed by atoms with Crippen LogP contribution in [0.15, 0.2) is 30.6 Å². The first-order valence-corrected chi connectivity index (χ1v) is 6.08. The highest BCUT2D eigenvalue weighted by atomic mass is 16.2. The average molecular weight is 259 g/mol. The molecule has 6 nitrogen and oxygen atoms in total. The summed E-state index contributed by atoms with van der Waals surface area (Å²) in [6.45, 7) is 0.434. The molecule has 19 heavy (non-hydrogen) atoms. The molecule has 0 atom stereocenters. The smallest absolute Gasteiger partial charge is 0.223 e. The van der Waals surface area contributed by atoms with E-state index in [4.69, 9.17) is 5.73 Å². The number of nitrogen functional groups attached to an aromatic ring is 1. The van der Waals surface area contributed by atoms with Gasteiger partial charge in [-0.3, -0.25) is 9.89 Å². The van der Waals surface area contributed by atoms with Gasteiger partial charge < -0.3 is 10.6 Å². The van der Waals surface area contributed by atoms with Gasteiger partial charge in [0.15, 0.2) is 0 Å². The highest BCUT2D eigenvalue weighted by Gasteiger charge is 2.11. The third kappa shape index (κ3) is 3.54. The number of aryl methyl sites for hydroxylation is 1. The molecule has 3 N–H and O–H groups in total. The van der Waals surface area contributed by atoms with Crippen LogP contribution in [0.4, 0.5) is 5.69 Å². The first-order chi connectivity index (χ1) is 9.16. The Morgan fingerprint density at radius 1 is 1.42 bits per heavy atom. The first kappa shape index (κ1) is 13.1. The van der Waals surface area contributed by atoms with Gasteiger partial charge in [-0.25, -0.2) is 4.98 Å². The maximum Gasteiger partial charge on any atom is 0.223 e. The molecule has 1 heterocycles. The minimum Gasteiger partial charge on any atom is -0.399 e. The Bertz CT molecular complexity index is 538. The molecule has 0 spiro atoms. The average Bonchev–Trinajstić information content (AvgIpc) is 2.90. The number of nitrogens with zero attached hydrogens (tertiary/aromatic N) is 3. The topological polar surface area (TPSA) is 87.9 Å². The SMILES string of the molecule is CN(Cc1ncn[nH]1)C(=O)CCc1ccccc1N. The van der Waals surface area contributed by atoms with Crippen LogP contribution < -0.4 is 5.73 Å². The van der Waals surface area contributed by atoms with Crippen LogP contribution in [-0.4, -0.2) is 33.0 Å². The molecule has 1 aromatic heterocycles. The summed E-state index contributed by atoms with van der Waals surface area (Å²) >= 11 is 0. The molecular weight excluding hydrogens is 242 g/mol. The zero-order chi connectivity index (χ0) is 13.7. The lowest BCUT2D eigenvalue weighted by Crippen LogP contribution is -2.27. The zero-order valence-electron chi connectivity index (χ0n) is 10.8. The van der Waals surface area contributed by atoms with Crippen LogP contribution in [0.25, 0.3) is 0 Å². The van der Waals surface area contributed by atoms with Crippen molar-refractivity contribution in [2.45, 2.75) is 19.4 Å². The number of benzene rings is 1. The third-order valence-electron chi connectivity index (χ3n) is 2.94. The Balaban J connectivity index is 1.86. The molecule has 0 unspecified atom stereocenters. The molecular formula is C13H17N5O. The number of anilines is 1. The minimum atomic E-state index is 0.0552. The largest absolute Gasteiger partial charge is 0.399 e. The van der Waals surface area contributed by atoms with E-state index < -0.39 is 0 Å². The summed E-state index contributed by atoms with van der Waals surface area (Å²) in [6.07, 6.45) is 2.50. The number of aromatic amines is 1. The van der Waals surface area contributed by atoms with Crippen LogP contribution in [0.5, 0.6) is 0 Å². The normalized spacial score (nSPS) is 10.4. The van der Waals surface area contributed by atoms with E-state index in [-0.39, 0.29) is 5.91 Å². The number of carbonyl (C=O) groups excluding carboxylic acids is 1. The van der Waals surface area contributed by atoms with Gasteiger partial charge in [-0.05, 0) is 18.1 Å². The van der Waals surface area contributed by atoms with E-state index in [1.165, 1.54) is 6.33 Å². The van der Waals surface area contributed by atoms with E-state index in [9.17, 15) is 4.79 Å². The molecule has 1 aromatic carbocycles. The van der Waals surface area contributed by atoms with Gasteiger partial charge in [-0.2, -0.15) is 5.10 Å². The van der Waals surface area contributed by atoms with Crippen LogP contribution in [-0.2, 0) is 17.8 Å². The summed E-state index contributed by atoms with van der Waals surface area (Å²) in [5.41, 5.74) is 7.58. The number of nitrogens with two attached hydrogens (primary N) is 1. The molecule has 0 fully saturated rings. The van der Waals surface area contributed by atoms with E-state index in [0.717, 1.165) is 11.3 Å². The molecule has 0 aliphatic rings. The number of hydrogen-bond donors (Lipinski definition) is 2. The second-order valence-electron chi connectivity index (χ2n) is 4.38. The molecule has 2 aromatic rings.